The van der Waals surface area contributed by atoms with Crippen LogP contribution in [0.4, 0.5) is 0 Å². The molecule has 2 saturated carbocycles. The molecule has 104 valence electrons. The predicted octanol–water partition coefficient (Wildman–Crippen LogP) is 5.16. The van der Waals surface area contributed by atoms with Crippen LogP contribution in [0.1, 0.15) is 71.1 Å². The molecule has 0 heterocycles. The minimum Gasteiger partial charge on any atom is -0.281 e. The lowest BCUT2D eigenvalue weighted by molar-refractivity contribution is -0.116. The molecule has 0 saturated heterocycles. The van der Waals surface area contributed by atoms with Crippen LogP contribution in [-0.2, 0) is 4.79 Å². The minimum atomic E-state index is -0.0971. The van der Waals surface area contributed by atoms with Crippen molar-refractivity contribution in [2.75, 3.05) is 0 Å². The van der Waals surface area contributed by atoms with Gasteiger partial charge >= 0.3 is 0 Å². The lowest BCUT2D eigenvalue weighted by Crippen LogP contribution is -2.27. The summed E-state index contributed by atoms with van der Waals surface area (Å²) in [5.74, 6) is 3.01. The van der Waals surface area contributed by atoms with Gasteiger partial charge in [0.2, 0.25) is 5.24 Å². The highest BCUT2D eigenvalue weighted by Gasteiger charge is 2.32. The Bertz CT molecular complexity index is 260. The van der Waals surface area contributed by atoms with Gasteiger partial charge in [0.1, 0.15) is 0 Å². The van der Waals surface area contributed by atoms with E-state index < -0.39 is 0 Å². The summed E-state index contributed by atoms with van der Waals surface area (Å²) < 4.78 is 0. The fraction of sp³-hybridized carbons (Fsp3) is 0.938. The summed E-state index contributed by atoms with van der Waals surface area (Å²) >= 11 is 5.61. The molecule has 0 aliphatic heterocycles. The van der Waals surface area contributed by atoms with Crippen molar-refractivity contribution in [2.45, 2.75) is 71.1 Å². The van der Waals surface area contributed by atoms with Crippen LogP contribution < -0.4 is 0 Å². The second kappa shape index (κ2) is 6.93. The van der Waals surface area contributed by atoms with Gasteiger partial charge in [-0.25, -0.2) is 0 Å². The summed E-state index contributed by atoms with van der Waals surface area (Å²) in [6, 6.07) is 0. The Balaban J connectivity index is 1.73. The van der Waals surface area contributed by atoms with Gasteiger partial charge in [0.15, 0.2) is 0 Å². The molecule has 0 aromatic carbocycles. The van der Waals surface area contributed by atoms with Crippen LogP contribution in [0, 0.1) is 23.7 Å². The van der Waals surface area contributed by atoms with E-state index in [0.717, 1.165) is 30.6 Å². The normalized spacial score (nSPS) is 37.4. The molecule has 2 aliphatic carbocycles. The Labute approximate surface area is 117 Å². The molecule has 2 fully saturated rings. The molecular formula is C16H27ClO. The number of halogens is 1. The molecule has 0 bridgehead atoms. The van der Waals surface area contributed by atoms with Crippen molar-refractivity contribution in [1.29, 1.82) is 0 Å². The van der Waals surface area contributed by atoms with Gasteiger partial charge in [-0.1, -0.05) is 32.6 Å². The maximum Gasteiger partial charge on any atom is 0.224 e. The number of carbonyl (C=O) groups is 1. The first kappa shape index (κ1) is 14.4. The zero-order valence-corrected chi connectivity index (χ0v) is 12.4. The molecular weight excluding hydrogens is 244 g/mol. The molecule has 0 amide bonds. The van der Waals surface area contributed by atoms with Crippen molar-refractivity contribution in [2.24, 2.45) is 23.7 Å². The summed E-state index contributed by atoms with van der Waals surface area (Å²) in [6.07, 6.45) is 13.1. The highest BCUT2D eigenvalue weighted by molar-refractivity contribution is 6.63. The van der Waals surface area contributed by atoms with E-state index in [-0.39, 0.29) is 11.2 Å². The van der Waals surface area contributed by atoms with Crippen LogP contribution in [0.5, 0.6) is 0 Å². The fourth-order valence-corrected chi connectivity index (χ4v) is 4.39. The monoisotopic (exact) mass is 270 g/mol. The summed E-state index contributed by atoms with van der Waals surface area (Å²) in [4.78, 5) is 11.2. The Hall–Kier alpha value is -0.0400. The highest BCUT2D eigenvalue weighted by atomic mass is 35.5. The number of hydrogen-bond acceptors (Lipinski definition) is 1. The van der Waals surface area contributed by atoms with Crippen LogP contribution in [0.25, 0.3) is 0 Å². The summed E-state index contributed by atoms with van der Waals surface area (Å²) in [6.45, 7) is 2.30. The minimum absolute atomic E-state index is 0.0971. The molecule has 0 aromatic rings. The van der Waals surface area contributed by atoms with E-state index in [9.17, 15) is 4.79 Å². The molecule has 2 aliphatic rings. The van der Waals surface area contributed by atoms with Gasteiger partial charge < -0.3 is 0 Å². The Kier molecular flexibility index (Phi) is 5.54. The lowest BCUT2D eigenvalue weighted by atomic mass is 9.69. The standard InChI is InChI=1S/C16H27ClO/c1-2-3-12-4-6-13(7-5-12)14-8-10-15(11-9-14)16(17)18/h12-15H,2-11H2,1H3/t12?,13?,14-,15-. The first-order chi connectivity index (χ1) is 8.70. The van der Waals surface area contributed by atoms with E-state index in [1.807, 2.05) is 0 Å². The second-order valence-corrected chi connectivity index (χ2v) is 6.86. The van der Waals surface area contributed by atoms with Crippen molar-refractivity contribution in [1.82, 2.24) is 0 Å². The van der Waals surface area contributed by atoms with Gasteiger partial charge in [-0.2, -0.15) is 0 Å². The topological polar surface area (TPSA) is 17.1 Å². The smallest absolute Gasteiger partial charge is 0.224 e. The van der Waals surface area contributed by atoms with Crippen molar-refractivity contribution >= 4 is 16.8 Å². The van der Waals surface area contributed by atoms with Gasteiger partial charge in [0, 0.05) is 5.92 Å². The zero-order chi connectivity index (χ0) is 13.0. The molecule has 0 N–H and O–H groups in total. The van der Waals surface area contributed by atoms with Gasteiger partial charge in [0.25, 0.3) is 0 Å². The van der Waals surface area contributed by atoms with E-state index in [0.29, 0.717) is 0 Å². The predicted molar refractivity (Wildman–Crippen MR) is 76.7 cm³/mol. The summed E-state index contributed by atoms with van der Waals surface area (Å²) in [5, 5.41) is -0.0971. The molecule has 0 unspecified atom stereocenters. The maximum absolute atomic E-state index is 11.2. The third-order valence-corrected chi connectivity index (χ3v) is 5.66. The van der Waals surface area contributed by atoms with Crippen LogP contribution in [0.3, 0.4) is 0 Å². The maximum atomic E-state index is 11.2. The summed E-state index contributed by atoms with van der Waals surface area (Å²) in [7, 11) is 0. The molecule has 0 aromatic heterocycles. The van der Waals surface area contributed by atoms with Gasteiger partial charge in [-0.05, 0) is 67.9 Å². The van der Waals surface area contributed by atoms with Crippen molar-refractivity contribution in [3.8, 4) is 0 Å². The number of carbonyl (C=O) groups excluding carboxylic acids is 1. The molecule has 0 spiro atoms. The fourth-order valence-electron chi connectivity index (χ4n) is 4.17. The third kappa shape index (κ3) is 3.73. The highest BCUT2D eigenvalue weighted by Crippen LogP contribution is 2.42. The molecule has 1 nitrogen and oxygen atoms in total. The van der Waals surface area contributed by atoms with Crippen molar-refractivity contribution in [3.05, 3.63) is 0 Å². The summed E-state index contributed by atoms with van der Waals surface area (Å²) in [5.41, 5.74) is 0. The SMILES string of the molecule is CCCC1CCC([C@H]2CC[C@H](C(=O)Cl)CC2)CC1. The molecule has 18 heavy (non-hydrogen) atoms. The van der Waals surface area contributed by atoms with Crippen LogP contribution >= 0.6 is 11.6 Å². The molecule has 2 heteroatoms. The van der Waals surface area contributed by atoms with E-state index in [4.69, 9.17) is 11.6 Å². The van der Waals surface area contributed by atoms with Gasteiger partial charge in [-0.3, -0.25) is 4.79 Å². The first-order valence-corrected chi connectivity index (χ1v) is 8.27. The van der Waals surface area contributed by atoms with E-state index >= 15 is 0 Å². The van der Waals surface area contributed by atoms with E-state index in [1.165, 1.54) is 51.4 Å². The number of hydrogen-bond donors (Lipinski definition) is 0. The van der Waals surface area contributed by atoms with Crippen molar-refractivity contribution < 1.29 is 4.79 Å². The average Bonchev–Trinajstić information content (AvgIpc) is 2.40. The number of rotatable bonds is 4. The Morgan fingerprint density at radius 2 is 1.44 bits per heavy atom. The Morgan fingerprint density at radius 1 is 0.944 bits per heavy atom. The van der Waals surface area contributed by atoms with Gasteiger partial charge in [0.05, 0.1) is 0 Å². The lowest BCUT2D eigenvalue weighted by Gasteiger charge is -2.37. The van der Waals surface area contributed by atoms with Crippen LogP contribution in [-0.4, -0.2) is 5.24 Å². The quantitative estimate of drug-likeness (QED) is 0.645. The van der Waals surface area contributed by atoms with Gasteiger partial charge in [-0.15, -0.1) is 0 Å². The van der Waals surface area contributed by atoms with Crippen LogP contribution in [0.2, 0.25) is 0 Å². The second-order valence-electron chi connectivity index (χ2n) is 6.49. The Morgan fingerprint density at radius 3 is 1.89 bits per heavy atom. The molecule has 0 radical (unpaired) electrons. The largest absolute Gasteiger partial charge is 0.281 e. The van der Waals surface area contributed by atoms with Crippen LogP contribution in [0.15, 0.2) is 0 Å². The zero-order valence-electron chi connectivity index (χ0n) is 11.7. The average molecular weight is 271 g/mol. The van der Waals surface area contributed by atoms with E-state index in [1.54, 1.807) is 0 Å². The van der Waals surface area contributed by atoms with E-state index in [2.05, 4.69) is 6.92 Å². The third-order valence-electron chi connectivity index (χ3n) is 5.35. The molecule has 2 rings (SSSR count). The van der Waals surface area contributed by atoms with Crippen molar-refractivity contribution in [3.63, 3.8) is 0 Å². The first-order valence-electron chi connectivity index (χ1n) is 7.90. The molecule has 0 atom stereocenters.